The Morgan fingerprint density at radius 1 is 1.47 bits per heavy atom. The van der Waals surface area contributed by atoms with Gasteiger partial charge in [0.25, 0.3) is 0 Å². The van der Waals surface area contributed by atoms with Gasteiger partial charge in [-0.15, -0.1) is 0 Å². The minimum atomic E-state index is -0.0293. The number of carbonyl (C=O) groups is 1. The van der Waals surface area contributed by atoms with Crippen molar-refractivity contribution in [2.45, 2.75) is 13.8 Å². The van der Waals surface area contributed by atoms with Crippen molar-refractivity contribution in [3.05, 3.63) is 23.8 Å². The molecule has 0 atom stereocenters. The Bertz CT molecular complexity index is 350. The first-order chi connectivity index (χ1) is 7.15. The van der Waals surface area contributed by atoms with E-state index in [0.717, 1.165) is 11.3 Å². The van der Waals surface area contributed by atoms with Crippen LogP contribution in [0.4, 0.5) is 11.4 Å². The highest BCUT2D eigenvalue weighted by Crippen LogP contribution is 2.21. The van der Waals surface area contributed by atoms with Crippen LogP contribution in [0.1, 0.15) is 12.5 Å². The second-order valence-corrected chi connectivity index (χ2v) is 3.34. The fourth-order valence-electron chi connectivity index (χ4n) is 1.27. The zero-order valence-corrected chi connectivity index (χ0v) is 9.13. The van der Waals surface area contributed by atoms with Crippen LogP contribution in [0.25, 0.3) is 0 Å². The highest BCUT2D eigenvalue weighted by atomic mass is 16.1. The fourth-order valence-corrected chi connectivity index (χ4v) is 1.27. The number of anilines is 2. The Labute approximate surface area is 89.9 Å². The second kappa shape index (κ2) is 5.24. The van der Waals surface area contributed by atoms with Crippen LogP contribution in [0, 0.1) is 6.92 Å². The number of nitrogens with one attached hydrogen (secondary N) is 2. The summed E-state index contributed by atoms with van der Waals surface area (Å²) in [5, 5.41) is 5.71. The van der Waals surface area contributed by atoms with Crippen LogP contribution in [-0.4, -0.2) is 19.0 Å². The summed E-state index contributed by atoms with van der Waals surface area (Å²) >= 11 is 0. The lowest BCUT2D eigenvalue weighted by Crippen LogP contribution is -2.29. The second-order valence-electron chi connectivity index (χ2n) is 3.34. The Balaban J connectivity index is 2.58. The molecule has 0 aromatic heterocycles. The van der Waals surface area contributed by atoms with Crippen LogP contribution in [0.2, 0.25) is 0 Å². The maximum Gasteiger partial charge on any atom is 0.239 e. The quantitative estimate of drug-likeness (QED) is 0.648. The Morgan fingerprint density at radius 3 is 2.87 bits per heavy atom. The minimum absolute atomic E-state index is 0.0293. The van der Waals surface area contributed by atoms with Crippen LogP contribution in [0.15, 0.2) is 18.2 Å². The first kappa shape index (κ1) is 11.4. The molecule has 4 heteroatoms. The van der Waals surface area contributed by atoms with Gasteiger partial charge in [0.15, 0.2) is 0 Å². The summed E-state index contributed by atoms with van der Waals surface area (Å²) < 4.78 is 0. The molecule has 0 aliphatic rings. The molecule has 0 radical (unpaired) electrons. The summed E-state index contributed by atoms with van der Waals surface area (Å²) in [5.41, 5.74) is 8.36. The number of carbonyl (C=O) groups excluding carboxylic acids is 1. The Hall–Kier alpha value is -1.71. The molecular weight excluding hydrogens is 190 g/mol. The predicted octanol–water partition coefficient (Wildman–Crippen LogP) is 1.13. The van der Waals surface area contributed by atoms with E-state index >= 15 is 0 Å². The SMILES string of the molecule is CCNC(=O)CNc1cccc(C)c1N. The van der Waals surface area contributed by atoms with E-state index in [0.29, 0.717) is 12.2 Å². The molecule has 0 saturated carbocycles. The lowest BCUT2D eigenvalue weighted by atomic mass is 10.2. The van der Waals surface area contributed by atoms with Gasteiger partial charge in [-0.2, -0.15) is 0 Å². The number of hydrogen-bond acceptors (Lipinski definition) is 3. The van der Waals surface area contributed by atoms with E-state index in [9.17, 15) is 4.79 Å². The van der Waals surface area contributed by atoms with Crippen LogP contribution >= 0.6 is 0 Å². The van der Waals surface area contributed by atoms with E-state index in [-0.39, 0.29) is 12.5 Å². The summed E-state index contributed by atoms with van der Waals surface area (Å²) in [6.45, 7) is 4.72. The molecule has 0 bridgehead atoms. The van der Waals surface area contributed by atoms with E-state index < -0.39 is 0 Å². The highest BCUT2D eigenvalue weighted by molar-refractivity contribution is 5.82. The molecule has 1 aromatic rings. The topological polar surface area (TPSA) is 67.2 Å². The van der Waals surface area contributed by atoms with Gasteiger partial charge in [0.2, 0.25) is 5.91 Å². The zero-order chi connectivity index (χ0) is 11.3. The van der Waals surface area contributed by atoms with E-state index in [2.05, 4.69) is 10.6 Å². The van der Waals surface area contributed by atoms with Crippen molar-refractivity contribution in [1.82, 2.24) is 5.32 Å². The van der Waals surface area contributed by atoms with Crippen molar-refractivity contribution >= 4 is 17.3 Å². The van der Waals surface area contributed by atoms with E-state index in [1.54, 1.807) is 0 Å². The third-order valence-corrected chi connectivity index (χ3v) is 2.14. The van der Waals surface area contributed by atoms with Gasteiger partial charge in [0.05, 0.1) is 17.9 Å². The minimum Gasteiger partial charge on any atom is -0.397 e. The summed E-state index contributed by atoms with van der Waals surface area (Å²) in [7, 11) is 0. The highest BCUT2D eigenvalue weighted by Gasteiger charge is 2.03. The van der Waals surface area contributed by atoms with Gasteiger partial charge in [0, 0.05) is 6.54 Å². The molecule has 0 heterocycles. The monoisotopic (exact) mass is 207 g/mol. The average Bonchev–Trinajstić information content (AvgIpc) is 2.21. The van der Waals surface area contributed by atoms with E-state index in [4.69, 9.17) is 5.73 Å². The molecule has 1 rings (SSSR count). The molecule has 0 aliphatic carbocycles. The summed E-state index contributed by atoms with van der Waals surface area (Å²) in [4.78, 5) is 11.2. The van der Waals surface area contributed by atoms with Gasteiger partial charge in [-0.25, -0.2) is 0 Å². The Morgan fingerprint density at radius 2 is 2.20 bits per heavy atom. The lowest BCUT2D eigenvalue weighted by molar-refractivity contribution is -0.119. The van der Waals surface area contributed by atoms with Gasteiger partial charge in [-0.3, -0.25) is 4.79 Å². The maximum absolute atomic E-state index is 11.2. The number of amides is 1. The van der Waals surface area contributed by atoms with Crippen LogP contribution in [0.3, 0.4) is 0 Å². The normalized spacial score (nSPS) is 9.73. The van der Waals surface area contributed by atoms with Gasteiger partial charge in [0.1, 0.15) is 0 Å². The average molecular weight is 207 g/mol. The first-order valence-corrected chi connectivity index (χ1v) is 5.00. The molecule has 4 nitrogen and oxygen atoms in total. The number of nitrogen functional groups attached to an aromatic ring is 1. The van der Waals surface area contributed by atoms with Crippen molar-refractivity contribution in [2.24, 2.45) is 0 Å². The molecule has 4 N–H and O–H groups in total. The van der Waals surface area contributed by atoms with E-state index in [1.165, 1.54) is 0 Å². The number of aryl methyl sites for hydroxylation is 1. The molecular formula is C11H17N3O. The van der Waals surface area contributed by atoms with Crippen LogP contribution in [0.5, 0.6) is 0 Å². The molecule has 0 unspecified atom stereocenters. The number of para-hydroxylation sites is 1. The van der Waals surface area contributed by atoms with Crippen molar-refractivity contribution < 1.29 is 4.79 Å². The first-order valence-electron chi connectivity index (χ1n) is 5.00. The molecule has 0 spiro atoms. The van der Waals surface area contributed by atoms with Gasteiger partial charge >= 0.3 is 0 Å². The van der Waals surface area contributed by atoms with E-state index in [1.807, 2.05) is 32.0 Å². The lowest BCUT2D eigenvalue weighted by Gasteiger charge is -2.10. The third-order valence-electron chi connectivity index (χ3n) is 2.14. The standard InChI is InChI=1S/C11H17N3O/c1-3-13-10(15)7-14-9-6-4-5-8(2)11(9)12/h4-6,14H,3,7,12H2,1-2H3,(H,13,15). The molecule has 15 heavy (non-hydrogen) atoms. The molecule has 1 amide bonds. The van der Waals surface area contributed by atoms with Crippen molar-refractivity contribution in [1.29, 1.82) is 0 Å². The summed E-state index contributed by atoms with van der Waals surface area (Å²) in [5.74, 6) is -0.0293. The zero-order valence-electron chi connectivity index (χ0n) is 9.13. The summed E-state index contributed by atoms with van der Waals surface area (Å²) in [6.07, 6.45) is 0. The van der Waals surface area contributed by atoms with Crippen molar-refractivity contribution in [3.8, 4) is 0 Å². The summed E-state index contributed by atoms with van der Waals surface area (Å²) in [6, 6.07) is 5.71. The van der Waals surface area contributed by atoms with Crippen LogP contribution < -0.4 is 16.4 Å². The van der Waals surface area contributed by atoms with Gasteiger partial charge < -0.3 is 16.4 Å². The number of nitrogens with two attached hydrogens (primary N) is 1. The molecule has 0 aliphatic heterocycles. The number of rotatable bonds is 4. The molecule has 0 saturated heterocycles. The number of benzene rings is 1. The molecule has 1 aromatic carbocycles. The maximum atomic E-state index is 11.2. The largest absolute Gasteiger partial charge is 0.397 e. The van der Waals surface area contributed by atoms with Crippen molar-refractivity contribution in [2.75, 3.05) is 24.1 Å². The van der Waals surface area contributed by atoms with Gasteiger partial charge in [-0.05, 0) is 25.5 Å². The van der Waals surface area contributed by atoms with Crippen molar-refractivity contribution in [3.63, 3.8) is 0 Å². The number of likely N-dealkylation sites (N-methyl/N-ethyl adjacent to an activating group) is 1. The predicted molar refractivity (Wildman–Crippen MR) is 62.8 cm³/mol. The Kier molecular flexibility index (Phi) is 3.97. The molecule has 82 valence electrons. The van der Waals surface area contributed by atoms with Gasteiger partial charge in [-0.1, -0.05) is 12.1 Å². The van der Waals surface area contributed by atoms with Crippen LogP contribution in [-0.2, 0) is 4.79 Å². The fraction of sp³-hybridized carbons (Fsp3) is 0.364. The molecule has 0 fully saturated rings. The smallest absolute Gasteiger partial charge is 0.239 e. The third kappa shape index (κ3) is 3.16. The number of hydrogen-bond donors (Lipinski definition) is 3.